The van der Waals surface area contributed by atoms with Crippen molar-refractivity contribution in [3.05, 3.63) is 200 Å². The number of hydrogen-bond donors (Lipinski definition) is 0. The first-order chi connectivity index (χ1) is 32.1. The van der Waals surface area contributed by atoms with Crippen LogP contribution in [0.5, 0.6) is 23.0 Å². The molecule has 0 saturated carbocycles. The average Bonchev–Trinajstić information content (AvgIpc) is 3.30. The molecular formula is C49H36F6N4O8. The molecule has 6 aromatic carbocycles. The van der Waals surface area contributed by atoms with Crippen molar-refractivity contribution < 1.29 is 54.9 Å². The number of benzene rings is 6. The Morgan fingerprint density at radius 1 is 0.567 bits per heavy atom. The molecule has 8 rings (SSSR count). The molecule has 8 aromatic rings. The highest BCUT2D eigenvalue weighted by atomic mass is 19.2. The molecule has 0 spiro atoms. The number of nitrogens with zero attached hydrogens (tertiary/aromatic N) is 4. The molecular weight excluding hydrogens is 887 g/mol. The van der Waals surface area contributed by atoms with E-state index >= 15 is 0 Å². The van der Waals surface area contributed by atoms with Crippen LogP contribution >= 0.6 is 0 Å². The molecule has 0 aliphatic carbocycles. The average molecular weight is 923 g/mol. The van der Waals surface area contributed by atoms with Crippen molar-refractivity contribution in [2.75, 3.05) is 14.2 Å². The molecule has 0 fully saturated rings. The Bertz CT molecular complexity index is 3260. The molecule has 12 nitrogen and oxygen atoms in total. The van der Waals surface area contributed by atoms with Gasteiger partial charge in [-0.25, -0.2) is 26.3 Å². The number of methoxy groups -OCH3 is 2. The van der Waals surface area contributed by atoms with Crippen LogP contribution in [0, 0.1) is 34.9 Å². The van der Waals surface area contributed by atoms with Gasteiger partial charge in [-0.3, -0.25) is 19.2 Å². The summed E-state index contributed by atoms with van der Waals surface area (Å²) in [6, 6.07) is 25.3. The molecule has 0 bridgehead atoms. The van der Waals surface area contributed by atoms with Gasteiger partial charge in [-0.15, -0.1) is 0 Å². The van der Waals surface area contributed by atoms with Crippen LogP contribution in [0.25, 0.3) is 21.8 Å². The first-order valence-electron chi connectivity index (χ1n) is 20.0. The topological polar surface area (TPSA) is 141 Å². The molecule has 0 amide bonds. The summed E-state index contributed by atoms with van der Waals surface area (Å²) in [4.78, 5) is 55.6. The Morgan fingerprint density at radius 2 is 1.01 bits per heavy atom. The summed E-state index contributed by atoms with van der Waals surface area (Å²) in [5.41, 5.74) is 0.297. The van der Waals surface area contributed by atoms with E-state index < -0.39 is 57.9 Å². The maximum Gasteiger partial charge on any atom is 0.312 e. The van der Waals surface area contributed by atoms with Crippen molar-refractivity contribution in [3.8, 4) is 23.0 Å². The van der Waals surface area contributed by atoms with Gasteiger partial charge in [0.1, 0.15) is 57.9 Å². The van der Waals surface area contributed by atoms with Crippen molar-refractivity contribution in [3.63, 3.8) is 0 Å². The number of carbonyl (C=O) groups excluding carboxylic acids is 2. The summed E-state index contributed by atoms with van der Waals surface area (Å²) in [5, 5.41) is 0.339. The quantitative estimate of drug-likeness (QED) is 0.0860. The summed E-state index contributed by atoms with van der Waals surface area (Å²) in [6.07, 6.45) is 2.42. The van der Waals surface area contributed by atoms with Crippen molar-refractivity contribution in [2.24, 2.45) is 0 Å². The standard InChI is InChI=1S/C25H19F3N2O4.C24H17F3N2O4/c1-14(25(32)33-2)15-4-3-5-17(8-15)34-18-6-7-23-19(11-18)24(31)29-13-30(23)12-20-21(27)9-16(26)10-22(20)28;1-32-23(30)8-14-3-2-4-16(7-14)33-17-5-6-22-18(11-17)24(31)28-13-29(22)12-19-20(26)9-15(25)10-21(19)27/h3-11,13-14H,12H2,1-2H3;2-7,9-11,13H,8,12H2,1H3. The number of fused-ring (bicyclic) bond motifs is 2. The van der Waals surface area contributed by atoms with Gasteiger partial charge >= 0.3 is 11.9 Å². The van der Waals surface area contributed by atoms with Gasteiger partial charge < -0.3 is 28.1 Å². The number of halogens is 6. The van der Waals surface area contributed by atoms with Gasteiger partial charge in [0.15, 0.2) is 0 Å². The first-order valence-corrected chi connectivity index (χ1v) is 20.0. The summed E-state index contributed by atoms with van der Waals surface area (Å²) < 4.78 is 107. The van der Waals surface area contributed by atoms with E-state index in [1.54, 1.807) is 79.7 Å². The maximum absolute atomic E-state index is 14.1. The van der Waals surface area contributed by atoms with E-state index in [0.717, 1.165) is 0 Å². The lowest BCUT2D eigenvalue weighted by Gasteiger charge is -2.14. The monoisotopic (exact) mass is 922 g/mol. The van der Waals surface area contributed by atoms with Crippen LogP contribution in [0.2, 0.25) is 0 Å². The maximum atomic E-state index is 14.1. The predicted octanol–water partition coefficient (Wildman–Crippen LogP) is 9.30. The molecule has 67 heavy (non-hydrogen) atoms. The molecule has 0 aliphatic heterocycles. The van der Waals surface area contributed by atoms with Gasteiger partial charge in [-0.1, -0.05) is 24.3 Å². The molecule has 0 N–H and O–H groups in total. The zero-order chi connectivity index (χ0) is 47.9. The fourth-order valence-electron chi connectivity index (χ4n) is 6.94. The summed E-state index contributed by atoms with van der Waals surface area (Å²) >= 11 is 0. The van der Waals surface area contributed by atoms with Crippen LogP contribution in [0.4, 0.5) is 26.3 Å². The van der Waals surface area contributed by atoms with Crippen LogP contribution < -0.4 is 20.6 Å². The van der Waals surface area contributed by atoms with Crippen molar-refractivity contribution in [1.82, 2.24) is 19.1 Å². The van der Waals surface area contributed by atoms with Crippen molar-refractivity contribution >= 4 is 33.7 Å². The van der Waals surface area contributed by atoms with Crippen LogP contribution in [0.3, 0.4) is 0 Å². The fraction of sp³-hybridized carbons (Fsp3) is 0.143. The molecule has 0 saturated heterocycles. The second kappa shape index (κ2) is 20.3. The first kappa shape index (κ1) is 46.7. The fourth-order valence-corrected chi connectivity index (χ4v) is 6.94. The lowest BCUT2D eigenvalue weighted by atomic mass is 10.0. The van der Waals surface area contributed by atoms with E-state index in [0.29, 0.717) is 69.4 Å². The molecule has 1 unspecified atom stereocenters. The lowest BCUT2D eigenvalue weighted by molar-refractivity contribution is -0.142. The molecule has 342 valence electrons. The van der Waals surface area contributed by atoms with E-state index in [9.17, 15) is 45.5 Å². The molecule has 0 radical (unpaired) electrons. The van der Waals surface area contributed by atoms with Gasteiger partial charge in [0.05, 0.1) is 74.1 Å². The van der Waals surface area contributed by atoms with Crippen LogP contribution in [0.1, 0.15) is 35.1 Å². The number of ether oxygens (including phenoxy) is 4. The normalized spacial score (nSPS) is 11.4. The van der Waals surface area contributed by atoms with E-state index in [1.165, 1.54) is 48.1 Å². The Morgan fingerprint density at radius 3 is 1.48 bits per heavy atom. The van der Waals surface area contributed by atoms with E-state index in [1.807, 2.05) is 0 Å². The van der Waals surface area contributed by atoms with Crippen LogP contribution in [-0.4, -0.2) is 45.3 Å². The zero-order valence-corrected chi connectivity index (χ0v) is 35.6. The predicted molar refractivity (Wildman–Crippen MR) is 232 cm³/mol. The summed E-state index contributed by atoms with van der Waals surface area (Å²) in [5.74, 6) is -5.92. The van der Waals surface area contributed by atoms with Crippen molar-refractivity contribution in [1.29, 1.82) is 0 Å². The Kier molecular flexibility index (Phi) is 14.1. The minimum absolute atomic E-state index is 0.0799. The van der Waals surface area contributed by atoms with Crippen LogP contribution in [-0.2, 0) is 38.6 Å². The third-order valence-electron chi connectivity index (χ3n) is 10.4. The number of hydrogen-bond acceptors (Lipinski definition) is 10. The number of carbonyl (C=O) groups is 2. The third-order valence-corrected chi connectivity index (χ3v) is 10.4. The van der Waals surface area contributed by atoms with E-state index in [4.69, 9.17) is 14.2 Å². The van der Waals surface area contributed by atoms with E-state index in [2.05, 4.69) is 14.7 Å². The molecule has 0 aliphatic rings. The summed E-state index contributed by atoms with van der Waals surface area (Å²) in [6.45, 7) is 1.12. The summed E-state index contributed by atoms with van der Waals surface area (Å²) in [7, 11) is 2.62. The molecule has 1 atom stereocenters. The van der Waals surface area contributed by atoms with Gasteiger partial charge in [-0.2, -0.15) is 9.97 Å². The minimum atomic E-state index is -1.04. The Balaban J connectivity index is 0.000000199. The lowest BCUT2D eigenvalue weighted by Crippen LogP contribution is -2.14. The number of aromatic nitrogens is 4. The molecule has 2 aromatic heterocycles. The van der Waals surface area contributed by atoms with Crippen LogP contribution in [0.15, 0.2) is 131 Å². The largest absolute Gasteiger partial charge is 0.469 e. The van der Waals surface area contributed by atoms with Crippen molar-refractivity contribution in [2.45, 2.75) is 32.4 Å². The van der Waals surface area contributed by atoms with Gasteiger partial charge in [-0.05, 0) is 78.7 Å². The second-order valence-electron chi connectivity index (χ2n) is 14.8. The molecule has 2 heterocycles. The third kappa shape index (κ3) is 11.0. The van der Waals surface area contributed by atoms with E-state index in [-0.39, 0.29) is 47.4 Å². The smallest absolute Gasteiger partial charge is 0.312 e. The number of esters is 2. The second-order valence-corrected chi connectivity index (χ2v) is 14.8. The highest BCUT2D eigenvalue weighted by Gasteiger charge is 2.18. The Labute approximate surface area is 376 Å². The number of rotatable bonds is 12. The van der Waals surface area contributed by atoms with Gasteiger partial charge in [0.2, 0.25) is 0 Å². The zero-order valence-electron chi connectivity index (χ0n) is 35.6. The highest BCUT2D eigenvalue weighted by molar-refractivity contribution is 5.81. The Hall–Kier alpha value is -8.28. The SMILES string of the molecule is COC(=O)C(C)c1cccc(Oc2ccc3c(c2)c(=O)ncn3Cc2c(F)cc(F)cc2F)c1.COC(=O)Cc1cccc(Oc2ccc3c(c2)c(=O)ncn3Cc2c(F)cc(F)cc2F)c1. The molecule has 18 heteroatoms. The van der Waals surface area contributed by atoms with Gasteiger partial charge in [0, 0.05) is 35.4 Å². The van der Waals surface area contributed by atoms with Gasteiger partial charge in [0.25, 0.3) is 11.1 Å². The minimum Gasteiger partial charge on any atom is -0.469 e. The highest BCUT2D eigenvalue weighted by Crippen LogP contribution is 2.29.